The molecule has 1 atom stereocenters. The van der Waals surface area contributed by atoms with Gasteiger partial charge in [-0.1, -0.05) is 6.07 Å². The number of hydrogen-bond acceptors (Lipinski definition) is 3. The highest BCUT2D eigenvalue weighted by atomic mass is 19.1. The Labute approximate surface area is 110 Å². The standard InChI is InChI=1S/C15H12FNO2/c1-10(18)15-13(16)3-2-4-14(15)19-12-7-5-11(9-17)6-8-12/h2-8,10,18H,1H3/t10-/m0/s1. The molecule has 0 aliphatic carbocycles. The van der Waals surface area contributed by atoms with Crippen LogP contribution in [0.15, 0.2) is 42.5 Å². The number of hydrogen-bond donors (Lipinski definition) is 1. The van der Waals surface area contributed by atoms with Crippen molar-refractivity contribution in [3.8, 4) is 17.6 Å². The molecule has 0 radical (unpaired) electrons. The quantitative estimate of drug-likeness (QED) is 0.914. The number of benzene rings is 2. The summed E-state index contributed by atoms with van der Waals surface area (Å²) in [4.78, 5) is 0. The Hall–Kier alpha value is -2.38. The Bertz CT molecular complexity index is 615. The first-order chi connectivity index (χ1) is 9.11. The number of aliphatic hydroxyl groups is 1. The Balaban J connectivity index is 2.33. The van der Waals surface area contributed by atoms with E-state index in [2.05, 4.69) is 0 Å². The second kappa shape index (κ2) is 5.51. The molecule has 0 spiro atoms. The van der Waals surface area contributed by atoms with Gasteiger partial charge < -0.3 is 9.84 Å². The summed E-state index contributed by atoms with van der Waals surface area (Å²) in [5.41, 5.74) is 0.634. The Morgan fingerprint density at radius 3 is 2.47 bits per heavy atom. The van der Waals surface area contributed by atoms with Crippen molar-refractivity contribution >= 4 is 0 Å². The Morgan fingerprint density at radius 2 is 1.89 bits per heavy atom. The van der Waals surface area contributed by atoms with Gasteiger partial charge in [-0.25, -0.2) is 4.39 Å². The summed E-state index contributed by atoms with van der Waals surface area (Å²) in [7, 11) is 0. The minimum absolute atomic E-state index is 0.117. The summed E-state index contributed by atoms with van der Waals surface area (Å²) in [5.74, 6) is 0.229. The van der Waals surface area contributed by atoms with E-state index in [1.165, 1.54) is 19.1 Å². The Kier molecular flexibility index (Phi) is 3.79. The number of ether oxygens (including phenoxy) is 1. The fourth-order valence-corrected chi connectivity index (χ4v) is 1.74. The van der Waals surface area contributed by atoms with Crippen molar-refractivity contribution in [1.29, 1.82) is 5.26 Å². The summed E-state index contributed by atoms with van der Waals surface area (Å²) in [6.45, 7) is 1.48. The van der Waals surface area contributed by atoms with E-state index >= 15 is 0 Å². The number of aliphatic hydroxyl groups excluding tert-OH is 1. The average Bonchev–Trinajstić information content (AvgIpc) is 2.39. The van der Waals surface area contributed by atoms with E-state index in [4.69, 9.17) is 10.00 Å². The molecule has 0 saturated heterocycles. The van der Waals surface area contributed by atoms with Crippen molar-refractivity contribution in [3.05, 3.63) is 59.4 Å². The normalized spacial score (nSPS) is 11.7. The maximum Gasteiger partial charge on any atom is 0.136 e. The third-order valence-electron chi connectivity index (χ3n) is 2.64. The first kappa shape index (κ1) is 13.1. The van der Waals surface area contributed by atoms with Crippen molar-refractivity contribution in [2.45, 2.75) is 13.0 Å². The lowest BCUT2D eigenvalue weighted by atomic mass is 10.1. The molecular weight excluding hydrogens is 245 g/mol. The molecule has 2 aromatic carbocycles. The summed E-state index contributed by atoms with van der Waals surface area (Å²) < 4.78 is 19.2. The van der Waals surface area contributed by atoms with Crippen LogP contribution in [0.3, 0.4) is 0 Å². The van der Waals surface area contributed by atoms with Gasteiger partial charge in [0.25, 0.3) is 0 Å². The predicted molar refractivity (Wildman–Crippen MR) is 68.3 cm³/mol. The molecule has 0 heterocycles. The molecule has 96 valence electrons. The first-order valence-corrected chi connectivity index (χ1v) is 5.76. The zero-order chi connectivity index (χ0) is 13.8. The second-order valence-corrected chi connectivity index (χ2v) is 4.07. The van der Waals surface area contributed by atoms with Gasteiger partial charge in [-0.15, -0.1) is 0 Å². The SMILES string of the molecule is C[C@H](O)c1c(F)cccc1Oc1ccc(C#N)cc1. The van der Waals surface area contributed by atoms with Crippen LogP contribution in [-0.2, 0) is 0 Å². The third kappa shape index (κ3) is 2.90. The molecule has 0 aromatic heterocycles. The average molecular weight is 257 g/mol. The zero-order valence-electron chi connectivity index (χ0n) is 10.3. The largest absolute Gasteiger partial charge is 0.457 e. The fourth-order valence-electron chi connectivity index (χ4n) is 1.74. The maximum absolute atomic E-state index is 13.6. The van der Waals surface area contributed by atoms with E-state index in [1.807, 2.05) is 6.07 Å². The van der Waals surface area contributed by atoms with Gasteiger partial charge in [0.05, 0.1) is 23.3 Å². The third-order valence-corrected chi connectivity index (χ3v) is 2.64. The van der Waals surface area contributed by atoms with Crippen molar-refractivity contribution in [2.75, 3.05) is 0 Å². The molecule has 0 saturated carbocycles. The number of nitriles is 1. The molecule has 2 rings (SSSR count). The van der Waals surface area contributed by atoms with Crippen LogP contribution in [0, 0.1) is 17.1 Å². The number of rotatable bonds is 3. The van der Waals surface area contributed by atoms with E-state index in [0.29, 0.717) is 11.3 Å². The number of nitrogens with zero attached hydrogens (tertiary/aromatic N) is 1. The van der Waals surface area contributed by atoms with E-state index in [1.54, 1.807) is 30.3 Å². The van der Waals surface area contributed by atoms with Gasteiger partial charge in [-0.3, -0.25) is 0 Å². The van der Waals surface area contributed by atoms with Crippen molar-refractivity contribution in [3.63, 3.8) is 0 Å². The van der Waals surface area contributed by atoms with Gasteiger partial charge >= 0.3 is 0 Å². The molecule has 2 aromatic rings. The highest BCUT2D eigenvalue weighted by molar-refractivity contribution is 5.41. The molecule has 0 amide bonds. The van der Waals surface area contributed by atoms with Gasteiger partial charge in [-0.05, 0) is 43.3 Å². The van der Waals surface area contributed by atoms with E-state index in [9.17, 15) is 9.50 Å². The zero-order valence-corrected chi connectivity index (χ0v) is 10.3. The molecule has 3 nitrogen and oxygen atoms in total. The van der Waals surface area contributed by atoms with Crippen molar-refractivity contribution in [1.82, 2.24) is 0 Å². The lowest BCUT2D eigenvalue weighted by Crippen LogP contribution is -1.99. The van der Waals surface area contributed by atoms with Crippen molar-refractivity contribution in [2.24, 2.45) is 0 Å². The van der Waals surface area contributed by atoms with Crippen molar-refractivity contribution < 1.29 is 14.2 Å². The smallest absolute Gasteiger partial charge is 0.136 e. The van der Waals surface area contributed by atoms with E-state index < -0.39 is 11.9 Å². The molecule has 0 bridgehead atoms. The molecule has 19 heavy (non-hydrogen) atoms. The molecule has 0 aliphatic rings. The topological polar surface area (TPSA) is 53.2 Å². The van der Waals surface area contributed by atoms with E-state index in [-0.39, 0.29) is 11.3 Å². The maximum atomic E-state index is 13.6. The molecule has 1 N–H and O–H groups in total. The van der Waals surface area contributed by atoms with Crippen LogP contribution >= 0.6 is 0 Å². The van der Waals surface area contributed by atoms with Gasteiger partial charge in [0.15, 0.2) is 0 Å². The summed E-state index contributed by atoms with van der Waals surface area (Å²) >= 11 is 0. The summed E-state index contributed by atoms with van der Waals surface area (Å²) in [6, 6.07) is 12.8. The van der Waals surface area contributed by atoms with Gasteiger partial charge in [0.2, 0.25) is 0 Å². The monoisotopic (exact) mass is 257 g/mol. The Morgan fingerprint density at radius 1 is 1.21 bits per heavy atom. The highest BCUT2D eigenvalue weighted by Gasteiger charge is 2.15. The molecule has 0 aliphatic heterocycles. The number of halogens is 1. The molecule has 0 unspecified atom stereocenters. The van der Waals surface area contributed by atoms with Crippen LogP contribution in [0.4, 0.5) is 4.39 Å². The summed E-state index contributed by atoms with van der Waals surface area (Å²) in [5, 5.41) is 18.3. The summed E-state index contributed by atoms with van der Waals surface area (Å²) in [6.07, 6.45) is -0.963. The van der Waals surface area contributed by atoms with Gasteiger partial charge in [0.1, 0.15) is 17.3 Å². The van der Waals surface area contributed by atoms with Crippen LogP contribution in [-0.4, -0.2) is 5.11 Å². The fraction of sp³-hybridized carbons (Fsp3) is 0.133. The van der Waals surface area contributed by atoms with Gasteiger partial charge in [0, 0.05) is 0 Å². The molecule has 4 heteroatoms. The van der Waals surface area contributed by atoms with E-state index in [0.717, 1.165) is 0 Å². The molecule has 0 fully saturated rings. The minimum Gasteiger partial charge on any atom is -0.457 e. The van der Waals surface area contributed by atoms with Crippen LogP contribution in [0.5, 0.6) is 11.5 Å². The van der Waals surface area contributed by atoms with Gasteiger partial charge in [-0.2, -0.15) is 5.26 Å². The first-order valence-electron chi connectivity index (χ1n) is 5.76. The van der Waals surface area contributed by atoms with Crippen LogP contribution < -0.4 is 4.74 Å². The van der Waals surface area contributed by atoms with Crippen LogP contribution in [0.25, 0.3) is 0 Å². The van der Waals surface area contributed by atoms with Crippen LogP contribution in [0.1, 0.15) is 24.2 Å². The highest BCUT2D eigenvalue weighted by Crippen LogP contribution is 2.31. The molecular formula is C15H12FNO2. The minimum atomic E-state index is -0.963. The lowest BCUT2D eigenvalue weighted by Gasteiger charge is -2.13. The predicted octanol–water partition coefficient (Wildman–Crippen LogP) is 3.54. The van der Waals surface area contributed by atoms with Crippen LogP contribution in [0.2, 0.25) is 0 Å². The lowest BCUT2D eigenvalue weighted by molar-refractivity contribution is 0.190. The second-order valence-electron chi connectivity index (χ2n) is 4.07.